The molecular formula is C13H20ClN3. The fourth-order valence-electron chi connectivity index (χ4n) is 2.47. The van der Waals surface area contributed by atoms with Gasteiger partial charge in [0.2, 0.25) is 0 Å². The van der Waals surface area contributed by atoms with Crippen LogP contribution in [-0.2, 0) is 6.54 Å². The first-order valence-electron chi connectivity index (χ1n) is 6.21. The van der Waals surface area contributed by atoms with Crippen molar-refractivity contribution in [3.05, 3.63) is 29.0 Å². The molecule has 0 bridgehead atoms. The zero-order chi connectivity index (χ0) is 12.3. The van der Waals surface area contributed by atoms with Gasteiger partial charge in [-0.05, 0) is 44.4 Å². The third-order valence-electron chi connectivity index (χ3n) is 3.64. The second kappa shape index (κ2) is 5.80. The van der Waals surface area contributed by atoms with E-state index in [1.54, 1.807) is 12.4 Å². The Kier molecular flexibility index (Phi) is 4.37. The first kappa shape index (κ1) is 12.8. The van der Waals surface area contributed by atoms with Crippen LogP contribution in [0.3, 0.4) is 0 Å². The van der Waals surface area contributed by atoms with Crippen LogP contribution in [0.1, 0.15) is 31.2 Å². The third-order valence-corrected chi connectivity index (χ3v) is 3.98. The van der Waals surface area contributed by atoms with E-state index in [1.165, 1.54) is 12.8 Å². The zero-order valence-corrected chi connectivity index (χ0v) is 11.0. The van der Waals surface area contributed by atoms with Gasteiger partial charge in [-0.2, -0.15) is 0 Å². The van der Waals surface area contributed by atoms with E-state index >= 15 is 0 Å². The molecule has 2 rings (SSSR count). The molecule has 0 aliphatic heterocycles. The summed E-state index contributed by atoms with van der Waals surface area (Å²) in [5.74, 6) is 0. The van der Waals surface area contributed by atoms with Gasteiger partial charge >= 0.3 is 0 Å². The van der Waals surface area contributed by atoms with E-state index in [9.17, 15) is 0 Å². The van der Waals surface area contributed by atoms with E-state index in [0.717, 1.165) is 30.0 Å². The summed E-state index contributed by atoms with van der Waals surface area (Å²) in [5.41, 5.74) is 7.08. The van der Waals surface area contributed by atoms with Gasteiger partial charge in [0.1, 0.15) is 0 Å². The molecule has 1 aromatic heterocycles. The van der Waals surface area contributed by atoms with Crippen LogP contribution >= 0.6 is 11.6 Å². The lowest BCUT2D eigenvalue weighted by molar-refractivity contribution is 0.176. The molecule has 0 spiro atoms. The Morgan fingerprint density at radius 1 is 1.41 bits per heavy atom. The molecular weight excluding hydrogens is 234 g/mol. The third kappa shape index (κ3) is 3.41. The summed E-state index contributed by atoms with van der Waals surface area (Å²) in [6.07, 6.45) is 8.17. The largest absolute Gasteiger partial charge is 0.328 e. The first-order chi connectivity index (χ1) is 8.16. The highest BCUT2D eigenvalue weighted by molar-refractivity contribution is 6.31. The predicted molar refractivity (Wildman–Crippen MR) is 70.9 cm³/mol. The molecule has 94 valence electrons. The number of aromatic nitrogens is 1. The number of hydrogen-bond acceptors (Lipinski definition) is 3. The van der Waals surface area contributed by atoms with Crippen LogP contribution in [-0.4, -0.2) is 29.0 Å². The maximum atomic E-state index is 6.12. The maximum Gasteiger partial charge on any atom is 0.0634 e. The Balaban J connectivity index is 1.93. The van der Waals surface area contributed by atoms with Crippen molar-refractivity contribution in [2.75, 3.05) is 7.05 Å². The standard InChI is InChI=1S/C13H20ClN3/c1-17(12-4-2-11(15)3-5-12)9-10-6-7-16-8-13(10)14/h6-8,11-12H,2-5,9,15H2,1H3. The Morgan fingerprint density at radius 3 is 2.76 bits per heavy atom. The smallest absolute Gasteiger partial charge is 0.0634 e. The summed E-state index contributed by atoms with van der Waals surface area (Å²) in [6.45, 7) is 0.890. The molecule has 1 aliphatic carbocycles. The number of nitrogens with zero attached hydrogens (tertiary/aromatic N) is 2. The van der Waals surface area contributed by atoms with Gasteiger partial charge in [0, 0.05) is 31.0 Å². The number of halogens is 1. The lowest BCUT2D eigenvalue weighted by Gasteiger charge is -2.33. The van der Waals surface area contributed by atoms with E-state index in [1.807, 2.05) is 6.07 Å². The number of rotatable bonds is 3. The highest BCUT2D eigenvalue weighted by atomic mass is 35.5. The lowest BCUT2D eigenvalue weighted by atomic mass is 9.91. The molecule has 0 unspecified atom stereocenters. The number of hydrogen-bond donors (Lipinski definition) is 1. The van der Waals surface area contributed by atoms with Gasteiger partial charge < -0.3 is 5.73 Å². The second-order valence-electron chi connectivity index (χ2n) is 4.95. The lowest BCUT2D eigenvalue weighted by Crippen LogP contribution is -2.38. The van der Waals surface area contributed by atoms with Gasteiger partial charge in [-0.3, -0.25) is 9.88 Å². The summed E-state index contributed by atoms with van der Waals surface area (Å²) < 4.78 is 0. The van der Waals surface area contributed by atoms with E-state index in [-0.39, 0.29) is 0 Å². The van der Waals surface area contributed by atoms with Crippen molar-refractivity contribution in [1.82, 2.24) is 9.88 Å². The van der Waals surface area contributed by atoms with Gasteiger partial charge in [-0.1, -0.05) is 11.6 Å². The molecule has 0 radical (unpaired) electrons. The number of nitrogens with two attached hydrogens (primary N) is 1. The minimum absolute atomic E-state index is 0.407. The van der Waals surface area contributed by atoms with Crippen molar-refractivity contribution in [3.63, 3.8) is 0 Å². The Morgan fingerprint density at radius 2 is 2.12 bits per heavy atom. The first-order valence-corrected chi connectivity index (χ1v) is 6.59. The SMILES string of the molecule is CN(Cc1ccncc1Cl)C1CCC(N)CC1. The van der Waals surface area contributed by atoms with Gasteiger partial charge in [-0.25, -0.2) is 0 Å². The molecule has 17 heavy (non-hydrogen) atoms. The van der Waals surface area contributed by atoms with Gasteiger partial charge in [0.25, 0.3) is 0 Å². The molecule has 1 aliphatic rings. The minimum atomic E-state index is 0.407. The second-order valence-corrected chi connectivity index (χ2v) is 5.36. The van der Waals surface area contributed by atoms with Crippen LogP contribution in [0.4, 0.5) is 0 Å². The van der Waals surface area contributed by atoms with E-state index < -0.39 is 0 Å². The molecule has 4 heteroatoms. The van der Waals surface area contributed by atoms with Crippen molar-refractivity contribution in [1.29, 1.82) is 0 Å². The molecule has 1 heterocycles. The van der Waals surface area contributed by atoms with Gasteiger partial charge in [-0.15, -0.1) is 0 Å². The highest BCUT2D eigenvalue weighted by Crippen LogP contribution is 2.24. The summed E-state index contributed by atoms with van der Waals surface area (Å²) in [6, 6.07) is 3.04. The molecule has 1 fully saturated rings. The van der Waals surface area contributed by atoms with Crippen LogP contribution in [0, 0.1) is 0 Å². The molecule has 0 atom stereocenters. The molecule has 2 N–H and O–H groups in total. The summed E-state index contributed by atoms with van der Waals surface area (Å²) in [4.78, 5) is 6.39. The van der Waals surface area contributed by atoms with E-state index in [4.69, 9.17) is 17.3 Å². The summed E-state index contributed by atoms with van der Waals surface area (Å²) in [5, 5.41) is 0.756. The van der Waals surface area contributed by atoms with Crippen molar-refractivity contribution in [2.24, 2.45) is 5.73 Å². The van der Waals surface area contributed by atoms with Crippen molar-refractivity contribution in [2.45, 2.75) is 44.3 Å². The van der Waals surface area contributed by atoms with Crippen LogP contribution in [0.15, 0.2) is 18.5 Å². The Hall–Kier alpha value is -0.640. The molecule has 1 aromatic rings. The van der Waals surface area contributed by atoms with Gasteiger partial charge in [0.15, 0.2) is 0 Å². The molecule has 0 aromatic carbocycles. The van der Waals surface area contributed by atoms with Crippen LogP contribution in [0.2, 0.25) is 5.02 Å². The van der Waals surface area contributed by atoms with Crippen LogP contribution in [0.25, 0.3) is 0 Å². The van der Waals surface area contributed by atoms with E-state index in [0.29, 0.717) is 12.1 Å². The van der Waals surface area contributed by atoms with E-state index in [2.05, 4.69) is 16.9 Å². The highest BCUT2D eigenvalue weighted by Gasteiger charge is 2.22. The molecule has 0 saturated heterocycles. The Labute approximate surface area is 108 Å². The van der Waals surface area contributed by atoms with Crippen molar-refractivity contribution in [3.8, 4) is 0 Å². The molecule has 3 nitrogen and oxygen atoms in total. The Bertz CT molecular complexity index is 361. The fourth-order valence-corrected chi connectivity index (χ4v) is 2.65. The average molecular weight is 254 g/mol. The quantitative estimate of drug-likeness (QED) is 0.900. The van der Waals surface area contributed by atoms with Crippen molar-refractivity contribution >= 4 is 11.6 Å². The topological polar surface area (TPSA) is 42.2 Å². The normalized spacial score (nSPS) is 25.2. The number of pyridine rings is 1. The monoisotopic (exact) mass is 253 g/mol. The summed E-state index contributed by atoms with van der Waals surface area (Å²) >= 11 is 6.12. The molecule has 0 amide bonds. The van der Waals surface area contributed by atoms with Crippen LogP contribution < -0.4 is 5.73 Å². The fraction of sp³-hybridized carbons (Fsp3) is 0.615. The predicted octanol–water partition coefficient (Wildman–Crippen LogP) is 2.44. The van der Waals surface area contributed by atoms with Crippen molar-refractivity contribution < 1.29 is 0 Å². The molecule has 1 saturated carbocycles. The maximum absolute atomic E-state index is 6.12. The van der Waals surface area contributed by atoms with Crippen LogP contribution in [0.5, 0.6) is 0 Å². The summed E-state index contributed by atoms with van der Waals surface area (Å²) in [7, 11) is 2.16. The zero-order valence-electron chi connectivity index (χ0n) is 10.3. The van der Waals surface area contributed by atoms with Gasteiger partial charge in [0.05, 0.1) is 5.02 Å². The minimum Gasteiger partial charge on any atom is -0.328 e. The average Bonchev–Trinajstić information content (AvgIpc) is 2.33.